The van der Waals surface area contributed by atoms with Crippen molar-refractivity contribution in [3.8, 4) is 11.3 Å². The van der Waals surface area contributed by atoms with Crippen molar-refractivity contribution in [2.24, 2.45) is 0 Å². The molecule has 0 unspecified atom stereocenters. The second-order valence-electron chi connectivity index (χ2n) is 6.04. The van der Waals surface area contributed by atoms with E-state index in [1.807, 2.05) is 23.3 Å². The van der Waals surface area contributed by atoms with Crippen molar-refractivity contribution in [2.45, 2.75) is 13.1 Å². The molecule has 0 fully saturated rings. The normalized spacial score (nSPS) is 13.1. The summed E-state index contributed by atoms with van der Waals surface area (Å²) in [5, 5.41) is 23.3. The van der Waals surface area contributed by atoms with Gasteiger partial charge in [-0.3, -0.25) is 20.2 Å². The second kappa shape index (κ2) is 6.30. The Bertz CT molecular complexity index is 1100. The van der Waals surface area contributed by atoms with Crippen molar-refractivity contribution >= 4 is 22.7 Å². The van der Waals surface area contributed by atoms with E-state index in [4.69, 9.17) is 10.1 Å². The van der Waals surface area contributed by atoms with Crippen molar-refractivity contribution < 1.29 is 5.11 Å². The van der Waals surface area contributed by atoms with Crippen LogP contribution in [0.1, 0.15) is 5.69 Å². The van der Waals surface area contributed by atoms with Crippen LogP contribution in [-0.2, 0) is 13.1 Å². The summed E-state index contributed by atoms with van der Waals surface area (Å²) < 4.78 is 1.67. The lowest BCUT2D eigenvalue weighted by Crippen LogP contribution is -2.35. The predicted octanol–water partition coefficient (Wildman–Crippen LogP) is 0.455. The van der Waals surface area contributed by atoms with Crippen LogP contribution < -0.4 is 16.0 Å². The number of hydrogen-bond acceptors (Lipinski definition) is 9. The Morgan fingerprint density at radius 3 is 3.07 bits per heavy atom. The first-order valence-corrected chi connectivity index (χ1v) is 8.40. The summed E-state index contributed by atoms with van der Waals surface area (Å²) in [6.07, 6.45) is 6.95. The highest BCUT2D eigenvalue weighted by Crippen LogP contribution is 2.29. The molecular formula is C16H16N10O. The van der Waals surface area contributed by atoms with Crippen molar-refractivity contribution in [1.82, 2.24) is 40.5 Å². The molecule has 0 saturated carbocycles. The Morgan fingerprint density at radius 2 is 2.15 bits per heavy atom. The Hall–Kier alpha value is -3.57. The van der Waals surface area contributed by atoms with E-state index in [1.54, 1.807) is 23.3 Å². The maximum absolute atomic E-state index is 9.03. The molecule has 1 aliphatic rings. The first kappa shape index (κ1) is 15.7. The summed E-state index contributed by atoms with van der Waals surface area (Å²) in [6.45, 7) is 0.976. The van der Waals surface area contributed by atoms with E-state index in [0.29, 0.717) is 36.1 Å². The molecule has 0 saturated heterocycles. The maximum Gasteiger partial charge on any atom is 0.190 e. The zero-order valence-corrected chi connectivity index (χ0v) is 14.2. The van der Waals surface area contributed by atoms with E-state index in [-0.39, 0.29) is 6.61 Å². The van der Waals surface area contributed by atoms with Crippen molar-refractivity contribution in [2.75, 3.05) is 17.0 Å². The van der Waals surface area contributed by atoms with Gasteiger partial charge in [0.15, 0.2) is 17.3 Å². The number of hydrazine groups is 2. The number of anilines is 2. The molecule has 4 N–H and O–H groups in total. The molecule has 0 amide bonds. The molecule has 4 aromatic rings. The third kappa shape index (κ3) is 2.74. The number of nitrogens with one attached hydrogen (secondary N) is 3. The van der Waals surface area contributed by atoms with Gasteiger partial charge in [0.2, 0.25) is 0 Å². The summed E-state index contributed by atoms with van der Waals surface area (Å²) in [7, 11) is 0. The lowest BCUT2D eigenvalue weighted by Gasteiger charge is -2.15. The molecule has 0 radical (unpaired) electrons. The summed E-state index contributed by atoms with van der Waals surface area (Å²) in [5.41, 5.74) is 9.21. The zero-order chi connectivity index (χ0) is 18.2. The molecule has 27 heavy (non-hydrogen) atoms. The Morgan fingerprint density at radius 1 is 1.19 bits per heavy atom. The number of nitrogens with zero attached hydrogens (tertiary/aromatic N) is 7. The molecule has 4 aromatic heterocycles. The minimum Gasteiger partial charge on any atom is -0.394 e. The van der Waals surface area contributed by atoms with Crippen LogP contribution in [0.2, 0.25) is 0 Å². The van der Waals surface area contributed by atoms with Gasteiger partial charge in [0.1, 0.15) is 0 Å². The van der Waals surface area contributed by atoms with Gasteiger partial charge in [-0.05, 0) is 12.1 Å². The average molecular weight is 364 g/mol. The SMILES string of the molecule is OCCn1cc(-c2cnc3c(n2)N(Cc2[nH]nc4ncccc24)NN3)cn1. The zero-order valence-electron chi connectivity index (χ0n) is 14.2. The van der Waals surface area contributed by atoms with E-state index in [0.717, 1.165) is 16.6 Å². The molecule has 0 bridgehead atoms. The molecule has 136 valence electrons. The molecule has 0 aliphatic carbocycles. The van der Waals surface area contributed by atoms with Gasteiger partial charge in [-0.1, -0.05) is 0 Å². The average Bonchev–Trinajstić information content (AvgIpc) is 3.42. The molecule has 0 aromatic carbocycles. The molecule has 5 rings (SSSR count). The molecular weight excluding hydrogens is 348 g/mol. The van der Waals surface area contributed by atoms with Gasteiger partial charge in [0.25, 0.3) is 0 Å². The largest absolute Gasteiger partial charge is 0.394 e. The smallest absolute Gasteiger partial charge is 0.190 e. The van der Waals surface area contributed by atoms with Gasteiger partial charge in [0, 0.05) is 23.3 Å². The van der Waals surface area contributed by atoms with Gasteiger partial charge in [-0.25, -0.2) is 15.0 Å². The highest BCUT2D eigenvalue weighted by atomic mass is 16.3. The van der Waals surface area contributed by atoms with Crippen LogP contribution in [0.3, 0.4) is 0 Å². The van der Waals surface area contributed by atoms with Gasteiger partial charge in [0.05, 0.1) is 43.5 Å². The van der Waals surface area contributed by atoms with Crippen LogP contribution in [-0.4, -0.2) is 46.6 Å². The summed E-state index contributed by atoms with van der Waals surface area (Å²) >= 11 is 0. The van der Waals surface area contributed by atoms with Crippen molar-refractivity contribution in [1.29, 1.82) is 0 Å². The Balaban J connectivity index is 1.45. The highest BCUT2D eigenvalue weighted by molar-refractivity contribution is 5.78. The number of aliphatic hydroxyl groups is 1. The first-order valence-electron chi connectivity index (χ1n) is 8.40. The third-order valence-corrected chi connectivity index (χ3v) is 4.30. The lowest BCUT2D eigenvalue weighted by atomic mass is 10.2. The first-order chi connectivity index (χ1) is 13.3. The fraction of sp³-hybridized carbons (Fsp3) is 0.188. The van der Waals surface area contributed by atoms with Gasteiger partial charge in [-0.15, -0.1) is 5.53 Å². The van der Waals surface area contributed by atoms with Gasteiger partial charge >= 0.3 is 0 Å². The van der Waals surface area contributed by atoms with Crippen LogP contribution in [0, 0.1) is 0 Å². The van der Waals surface area contributed by atoms with Crippen LogP contribution in [0.4, 0.5) is 11.6 Å². The van der Waals surface area contributed by atoms with Crippen molar-refractivity contribution in [3.63, 3.8) is 0 Å². The number of hydrogen-bond donors (Lipinski definition) is 4. The number of pyridine rings is 1. The van der Waals surface area contributed by atoms with Crippen LogP contribution in [0.25, 0.3) is 22.3 Å². The van der Waals surface area contributed by atoms with Crippen LogP contribution in [0.15, 0.2) is 36.9 Å². The Kier molecular flexibility index (Phi) is 3.66. The number of aromatic amines is 1. The van der Waals surface area contributed by atoms with Crippen LogP contribution >= 0.6 is 0 Å². The maximum atomic E-state index is 9.03. The molecule has 0 spiro atoms. The topological polar surface area (TPSA) is 133 Å². The number of rotatable bonds is 5. The third-order valence-electron chi connectivity index (χ3n) is 4.30. The predicted molar refractivity (Wildman–Crippen MR) is 97.2 cm³/mol. The minimum absolute atomic E-state index is 0.0333. The van der Waals surface area contributed by atoms with Gasteiger partial charge in [-0.2, -0.15) is 10.2 Å². The fourth-order valence-corrected chi connectivity index (χ4v) is 2.98. The van der Waals surface area contributed by atoms with E-state index in [2.05, 4.69) is 36.2 Å². The summed E-state index contributed by atoms with van der Waals surface area (Å²) in [4.78, 5) is 13.4. The highest BCUT2D eigenvalue weighted by Gasteiger charge is 2.24. The number of fused-ring (bicyclic) bond motifs is 2. The van der Waals surface area contributed by atoms with Crippen LogP contribution in [0.5, 0.6) is 0 Å². The molecule has 11 heteroatoms. The summed E-state index contributed by atoms with van der Waals surface area (Å²) in [5.74, 6) is 1.32. The lowest BCUT2D eigenvalue weighted by molar-refractivity contribution is 0.269. The summed E-state index contributed by atoms with van der Waals surface area (Å²) in [6, 6.07) is 3.86. The van der Waals surface area contributed by atoms with E-state index >= 15 is 0 Å². The van der Waals surface area contributed by atoms with E-state index in [1.165, 1.54) is 0 Å². The minimum atomic E-state index is 0.0333. The standard InChI is InChI=1S/C16H16N10O/c27-5-4-25-8-10(6-19-25)12-7-18-15-16(20-12)26(24-23-15)9-13-11-2-1-3-17-14(11)22-21-13/h1-3,6-8,24,27H,4-5,9H2,(H,18,23)(H,17,21,22). The molecule has 5 heterocycles. The quantitative estimate of drug-likeness (QED) is 0.398. The monoisotopic (exact) mass is 364 g/mol. The number of H-pyrrole nitrogens is 1. The fourth-order valence-electron chi connectivity index (χ4n) is 2.98. The Labute approximate surface area is 153 Å². The number of aliphatic hydroxyl groups excluding tert-OH is 1. The molecule has 11 nitrogen and oxygen atoms in total. The second-order valence-corrected chi connectivity index (χ2v) is 6.04. The molecule has 0 atom stereocenters. The van der Waals surface area contributed by atoms with E-state index < -0.39 is 0 Å². The number of aromatic nitrogens is 7. The van der Waals surface area contributed by atoms with E-state index in [9.17, 15) is 0 Å². The molecule has 1 aliphatic heterocycles. The van der Waals surface area contributed by atoms with Crippen molar-refractivity contribution in [3.05, 3.63) is 42.6 Å². The van der Waals surface area contributed by atoms with Gasteiger partial charge < -0.3 is 5.11 Å².